The summed E-state index contributed by atoms with van der Waals surface area (Å²) >= 11 is 0. The van der Waals surface area contributed by atoms with Gasteiger partial charge in [0.25, 0.3) is 0 Å². The molecule has 0 fully saturated rings. The fraction of sp³-hybridized carbons (Fsp3) is 0.240. The Morgan fingerprint density at radius 2 is 1.26 bits per heavy atom. The van der Waals surface area contributed by atoms with Crippen molar-refractivity contribution in [3.63, 3.8) is 0 Å². The number of hydrogen-bond acceptors (Lipinski definition) is 1. The van der Waals surface area contributed by atoms with Crippen molar-refractivity contribution in [1.29, 1.82) is 0 Å². The van der Waals surface area contributed by atoms with E-state index in [1.54, 1.807) is 0 Å². The molecule has 1 N–H and O–H groups in total. The standard InChI is InChI=1S/C25H27NO/c1-25(2,3)22-16-14-19(15-17-22)18-26-24(27)23(20-10-6-4-7-11-20)21-12-8-5-9-13-21/h4-17,23H,18H2,1-3H3,(H,26,27). The predicted octanol–water partition coefficient (Wildman–Crippen LogP) is 5.43. The monoisotopic (exact) mass is 357 g/mol. The topological polar surface area (TPSA) is 29.1 Å². The average Bonchev–Trinajstić information content (AvgIpc) is 2.68. The minimum absolute atomic E-state index is 0.0206. The van der Waals surface area contributed by atoms with Crippen LogP contribution in [0.3, 0.4) is 0 Å². The van der Waals surface area contributed by atoms with Gasteiger partial charge in [-0.1, -0.05) is 106 Å². The van der Waals surface area contributed by atoms with Gasteiger partial charge < -0.3 is 5.32 Å². The minimum atomic E-state index is -0.304. The molecule has 0 aliphatic carbocycles. The van der Waals surface area contributed by atoms with Crippen molar-refractivity contribution in [2.75, 3.05) is 0 Å². The number of hydrogen-bond donors (Lipinski definition) is 1. The van der Waals surface area contributed by atoms with Crippen LogP contribution in [-0.4, -0.2) is 5.91 Å². The largest absolute Gasteiger partial charge is 0.351 e. The number of amides is 1. The zero-order chi connectivity index (χ0) is 19.3. The highest BCUT2D eigenvalue weighted by Gasteiger charge is 2.22. The van der Waals surface area contributed by atoms with Crippen molar-refractivity contribution in [3.05, 3.63) is 107 Å². The zero-order valence-electron chi connectivity index (χ0n) is 16.3. The lowest BCUT2D eigenvalue weighted by Crippen LogP contribution is -2.29. The van der Waals surface area contributed by atoms with E-state index < -0.39 is 0 Å². The number of carbonyl (C=O) groups is 1. The van der Waals surface area contributed by atoms with E-state index in [0.717, 1.165) is 16.7 Å². The number of nitrogens with one attached hydrogen (secondary N) is 1. The second kappa shape index (κ2) is 8.22. The average molecular weight is 357 g/mol. The van der Waals surface area contributed by atoms with Gasteiger partial charge in [0, 0.05) is 6.54 Å². The lowest BCUT2D eigenvalue weighted by molar-refractivity contribution is -0.121. The van der Waals surface area contributed by atoms with Crippen LogP contribution in [-0.2, 0) is 16.8 Å². The second-order valence-electron chi connectivity index (χ2n) is 7.92. The van der Waals surface area contributed by atoms with Gasteiger partial charge in [0.15, 0.2) is 0 Å². The molecule has 2 heteroatoms. The van der Waals surface area contributed by atoms with Crippen molar-refractivity contribution >= 4 is 5.91 Å². The van der Waals surface area contributed by atoms with Gasteiger partial charge >= 0.3 is 0 Å². The molecule has 0 atom stereocenters. The van der Waals surface area contributed by atoms with Crippen molar-refractivity contribution in [2.45, 2.75) is 38.6 Å². The van der Waals surface area contributed by atoms with Crippen molar-refractivity contribution in [2.24, 2.45) is 0 Å². The lowest BCUT2D eigenvalue weighted by atomic mass is 9.86. The molecular formula is C25H27NO. The van der Waals surface area contributed by atoms with Gasteiger partial charge in [-0.15, -0.1) is 0 Å². The fourth-order valence-electron chi connectivity index (χ4n) is 3.20. The molecule has 2 nitrogen and oxygen atoms in total. The van der Waals surface area contributed by atoms with Crippen LogP contribution in [0.2, 0.25) is 0 Å². The highest BCUT2D eigenvalue weighted by Crippen LogP contribution is 2.25. The summed E-state index contributed by atoms with van der Waals surface area (Å²) in [6.07, 6.45) is 0. The third kappa shape index (κ3) is 4.85. The maximum atomic E-state index is 13.0. The van der Waals surface area contributed by atoms with E-state index in [-0.39, 0.29) is 17.2 Å². The van der Waals surface area contributed by atoms with E-state index in [1.165, 1.54) is 5.56 Å². The molecule has 0 radical (unpaired) electrons. The summed E-state index contributed by atoms with van der Waals surface area (Å²) in [5.74, 6) is -0.284. The molecule has 0 unspecified atom stereocenters. The maximum Gasteiger partial charge on any atom is 0.232 e. The Bertz CT molecular complexity index is 822. The first kappa shape index (κ1) is 18.9. The van der Waals surface area contributed by atoms with Gasteiger partial charge in [-0.05, 0) is 27.7 Å². The van der Waals surface area contributed by atoms with E-state index in [0.29, 0.717) is 6.54 Å². The van der Waals surface area contributed by atoms with Crippen LogP contribution in [0.25, 0.3) is 0 Å². The molecule has 3 rings (SSSR count). The Morgan fingerprint density at radius 3 is 1.70 bits per heavy atom. The van der Waals surface area contributed by atoms with E-state index in [4.69, 9.17) is 0 Å². The number of rotatable bonds is 5. The van der Waals surface area contributed by atoms with Gasteiger partial charge in [-0.25, -0.2) is 0 Å². The summed E-state index contributed by atoms with van der Waals surface area (Å²) in [5, 5.41) is 3.12. The lowest BCUT2D eigenvalue weighted by Gasteiger charge is -2.20. The van der Waals surface area contributed by atoms with E-state index in [2.05, 4.69) is 50.4 Å². The van der Waals surface area contributed by atoms with E-state index >= 15 is 0 Å². The van der Waals surface area contributed by atoms with Gasteiger partial charge in [0.05, 0.1) is 5.92 Å². The molecule has 0 aliphatic rings. The SMILES string of the molecule is CC(C)(C)c1ccc(CNC(=O)C(c2ccccc2)c2ccccc2)cc1. The normalized spacial score (nSPS) is 11.4. The predicted molar refractivity (Wildman–Crippen MR) is 112 cm³/mol. The summed E-state index contributed by atoms with van der Waals surface area (Å²) in [6, 6.07) is 28.4. The molecule has 0 heterocycles. The third-order valence-corrected chi connectivity index (χ3v) is 4.81. The summed E-state index contributed by atoms with van der Waals surface area (Å²) in [7, 11) is 0. The summed E-state index contributed by atoms with van der Waals surface area (Å²) in [4.78, 5) is 13.0. The van der Waals surface area contributed by atoms with Crippen LogP contribution in [0.1, 0.15) is 48.9 Å². The van der Waals surface area contributed by atoms with Crippen LogP contribution >= 0.6 is 0 Å². The molecule has 0 aliphatic heterocycles. The van der Waals surface area contributed by atoms with Crippen LogP contribution in [0.4, 0.5) is 0 Å². The van der Waals surface area contributed by atoms with Gasteiger partial charge in [0.2, 0.25) is 5.91 Å². The molecular weight excluding hydrogens is 330 g/mol. The highest BCUT2D eigenvalue weighted by molar-refractivity contribution is 5.87. The molecule has 0 aromatic heterocycles. The molecule has 0 spiro atoms. The molecule has 0 saturated carbocycles. The quantitative estimate of drug-likeness (QED) is 0.648. The van der Waals surface area contributed by atoms with Crippen molar-refractivity contribution in [1.82, 2.24) is 5.32 Å². The van der Waals surface area contributed by atoms with E-state index in [9.17, 15) is 4.79 Å². The second-order valence-corrected chi connectivity index (χ2v) is 7.92. The zero-order valence-corrected chi connectivity index (χ0v) is 16.3. The highest BCUT2D eigenvalue weighted by atomic mass is 16.1. The van der Waals surface area contributed by atoms with Crippen LogP contribution in [0.5, 0.6) is 0 Å². The summed E-state index contributed by atoms with van der Waals surface area (Å²) in [6.45, 7) is 7.13. The first-order valence-corrected chi connectivity index (χ1v) is 9.42. The van der Waals surface area contributed by atoms with Crippen molar-refractivity contribution in [3.8, 4) is 0 Å². The fourth-order valence-corrected chi connectivity index (χ4v) is 3.20. The Kier molecular flexibility index (Phi) is 5.75. The number of benzene rings is 3. The minimum Gasteiger partial charge on any atom is -0.351 e. The smallest absolute Gasteiger partial charge is 0.232 e. The van der Waals surface area contributed by atoms with Crippen LogP contribution in [0, 0.1) is 0 Å². The molecule has 0 bridgehead atoms. The Labute approximate surface area is 162 Å². The van der Waals surface area contributed by atoms with Crippen LogP contribution < -0.4 is 5.32 Å². The molecule has 138 valence electrons. The Hall–Kier alpha value is -2.87. The molecule has 3 aromatic carbocycles. The molecule has 27 heavy (non-hydrogen) atoms. The van der Waals surface area contributed by atoms with Gasteiger partial charge in [-0.3, -0.25) is 4.79 Å². The maximum absolute atomic E-state index is 13.0. The summed E-state index contributed by atoms with van der Waals surface area (Å²) in [5.41, 5.74) is 4.54. The first-order chi connectivity index (χ1) is 12.9. The van der Waals surface area contributed by atoms with Gasteiger partial charge in [-0.2, -0.15) is 0 Å². The summed E-state index contributed by atoms with van der Waals surface area (Å²) < 4.78 is 0. The van der Waals surface area contributed by atoms with Crippen molar-refractivity contribution < 1.29 is 4.79 Å². The Morgan fingerprint density at radius 1 is 0.778 bits per heavy atom. The molecule has 1 amide bonds. The van der Waals surface area contributed by atoms with E-state index in [1.807, 2.05) is 60.7 Å². The number of carbonyl (C=O) groups excluding carboxylic acids is 1. The first-order valence-electron chi connectivity index (χ1n) is 9.42. The Balaban J connectivity index is 1.75. The third-order valence-electron chi connectivity index (χ3n) is 4.81. The molecule has 0 saturated heterocycles. The van der Waals surface area contributed by atoms with Crippen LogP contribution in [0.15, 0.2) is 84.9 Å². The molecule has 3 aromatic rings. The van der Waals surface area contributed by atoms with Gasteiger partial charge in [0.1, 0.15) is 0 Å².